The summed E-state index contributed by atoms with van der Waals surface area (Å²) in [6, 6.07) is 15.3. The van der Waals surface area contributed by atoms with Gasteiger partial charge in [-0.25, -0.2) is 18.7 Å². The van der Waals surface area contributed by atoms with Crippen molar-refractivity contribution in [3.8, 4) is 10.4 Å². The maximum atomic E-state index is 13.7. The number of aryl methyl sites for hydroxylation is 1. The molecule has 0 amide bonds. The number of thiophene rings is 1. The first kappa shape index (κ1) is 17.2. The van der Waals surface area contributed by atoms with E-state index in [4.69, 9.17) is 0 Å². The van der Waals surface area contributed by atoms with Gasteiger partial charge in [0.2, 0.25) is 0 Å². The first-order valence-electron chi connectivity index (χ1n) is 8.18. The summed E-state index contributed by atoms with van der Waals surface area (Å²) in [6.45, 7) is 1.80. The van der Waals surface area contributed by atoms with Crippen LogP contribution in [0.25, 0.3) is 20.7 Å². The Hall–Kier alpha value is -3.19. The molecule has 4 aromatic rings. The van der Waals surface area contributed by atoms with Gasteiger partial charge in [-0.3, -0.25) is 5.43 Å². The maximum Gasteiger partial charge on any atom is 0.158 e. The third-order valence-corrected chi connectivity index (χ3v) is 4.98. The summed E-state index contributed by atoms with van der Waals surface area (Å²) in [4.78, 5) is 10.8. The van der Waals surface area contributed by atoms with E-state index in [1.807, 2.05) is 36.4 Å². The molecule has 2 heterocycles. The summed E-state index contributed by atoms with van der Waals surface area (Å²) in [5.74, 6) is -0.159. The molecule has 2 aromatic heterocycles. The molecule has 4 rings (SSSR count). The normalized spacial score (nSPS) is 11.4. The highest BCUT2D eigenvalue weighted by molar-refractivity contribution is 7.21. The molecule has 7 heteroatoms. The highest BCUT2D eigenvalue weighted by Gasteiger charge is 2.11. The van der Waals surface area contributed by atoms with Crippen LogP contribution >= 0.6 is 11.3 Å². The highest BCUT2D eigenvalue weighted by Crippen LogP contribution is 2.35. The monoisotopic (exact) mass is 380 g/mol. The van der Waals surface area contributed by atoms with E-state index in [0.717, 1.165) is 26.7 Å². The van der Waals surface area contributed by atoms with Gasteiger partial charge >= 0.3 is 0 Å². The van der Waals surface area contributed by atoms with Crippen molar-refractivity contribution in [3.63, 3.8) is 0 Å². The van der Waals surface area contributed by atoms with Crippen LogP contribution in [0.2, 0.25) is 0 Å². The van der Waals surface area contributed by atoms with Crippen LogP contribution in [-0.2, 0) is 0 Å². The second-order valence-corrected chi connectivity index (χ2v) is 6.88. The zero-order valence-corrected chi connectivity index (χ0v) is 15.1. The van der Waals surface area contributed by atoms with Gasteiger partial charge in [0.05, 0.1) is 11.6 Å². The van der Waals surface area contributed by atoms with Crippen molar-refractivity contribution < 1.29 is 8.78 Å². The number of hydrogen-bond donors (Lipinski definition) is 1. The number of hydrazone groups is 1. The lowest BCUT2D eigenvalue weighted by Gasteiger charge is -2.02. The van der Waals surface area contributed by atoms with Crippen LogP contribution in [0.3, 0.4) is 0 Å². The van der Waals surface area contributed by atoms with Crippen molar-refractivity contribution in [2.75, 3.05) is 5.43 Å². The van der Waals surface area contributed by atoms with E-state index in [1.54, 1.807) is 18.3 Å². The number of halogens is 2. The Morgan fingerprint density at radius 3 is 2.63 bits per heavy atom. The van der Waals surface area contributed by atoms with E-state index in [-0.39, 0.29) is 5.56 Å². The molecular weight excluding hydrogens is 366 g/mol. The van der Waals surface area contributed by atoms with Gasteiger partial charge in [-0.2, -0.15) is 5.10 Å². The van der Waals surface area contributed by atoms with Crippen LogP contribution < -0.4 is 5.43 Å². The molecule has 0 aliphatic rings. The summed E-state index contributed by atoms with van der Waals surface area (Å²) in [5.41, 5.74) is 4.13. The molecule has 4 nitrogen and oxygen atoms in total. The Morgan fingerprint density at radius 2 is 1.85 bits per heavy atom. The Kier molecular flexibility index (Phi) is 4.60. The standard InChI is InChI=1S/C20H14F2N4S/c1-12-24-19(26-23-11-14-7-8-15(21)9-17(14)22)16-10-18(27-20(16)25-12)13-5-3-2-4-6-13/h2-11H,1H3,(H,24,25,26)/b23-11-. The summed E-state index contributed by atoms with van der Waals surface area (Å²) < 4.78 is 26.7. The third kappa shape index (κ3) is 3.68. The largest absolute Gasteiger partial charge is 0.261 e. The minimum atomic E-state index is -0.675. The molecule has 0 fully saturated rings. The fourth-order valence-electron chi connectivity index (χ4n) is 2.63. The molecule has 0 radical (unpaired) electrons. The number of hydrogen-bond acceptors (Lipinski definition) is 5. The number of benzene rings is 2. The molecule has 0 saturated heterocycles. The number of fused-ring (bicyclic) bond motifs is 1. The smallest absolute Gasteiger partial charge is 0.158 e. The Balaban J connectivity index is 1.67. The van der Waals surface area contributed by atoms with Gasteiger partial charge in [0, 0.05) is 16.5 Å². The Morgan fingerprint density at radius 1 is 1.04 bits per heavy atom. The second kappa shape index (κ2) is 7.20. The number of nitrogens with zero attached hydrogens (tertiary/aromatic N) is 3. The van der Waals surface area contributed by atoms with Crippen molar-refractivity contribution in [1.29, 1.82) is 0 Å². The summed E-state index contributed by atoms with van der Waals surface area (Å²) >= 11 is 1.57. The van der Waals surface area contributed by atoms with E-state index in [0.29, 0.717) is 11.6 Å². The molecule has 27 heavy (non-hydrogen) atoms. The van der Waals surface area contributed by atoms with E-state index >= 15 is 0 Å². The summed E-state index contributed by atoms with van der Waals surface area (Å²) in [7, 11) is 0. The molecule has 0 atom stereocenters. The molecular formula is C20H14F2N4S. The SMILES string of the molecule is Cc1nc(N/N=C\c2ccc(F)cc2F)c2cc(-c3ccccc3)sc2n1. The molecule has 1 N–H and O–H groups in total. The van der Waals surface area contributed by atoms with Crippen LogP contribution in [0.5, 0.6) is 0 Å². The zero-order chi connectivity index (χ0) is 18.8. The van der Waals surface area contributed by atoms with Crippen molar-refractivity contribution >= 4 is 33.6 Å². The molecule has 2 aromatic carbocycles. The maximum absolute atomic E-state index is 13.7. The lowest BCUT2D eigenvalue weighted by molar-refractivity contribution is 0.582. The molecule has 0 saturated carbocycles. The van der Waals surface area contributed by atoms with Crippen LogP contribution in [0.4, 0.5) is 14.6 Å². The van der Waals surface area contributed by atoms with Crippen molar-refractivity contribution in [3.05, 3.63) is 77.6 Å². The number of nitrogens with one attached hydrogen (secondary N) is 1. The molecule has 0 aliphatic carbocycles. The minimum Gasteiger partial charge on any atom is -0.261 e. The van der Waals surface area contributed by atoms with Crippen LogP contribution in [-0.4, -0.2) is 16.2 Å². The predicted octanol–water partition coefficient (Wildman–Crippen LogP) is 5.39. The average Bonchev–Trinajstić information content (AvgIpc) is 3.08. The van der Waals surface area contributed by atoms with Gasteiger partial charge in [-0.1, -0.05) is 30.3 Å². The third-order valence-electron chi connectivity index (χ3n) is 3.90. The van der Waals surface area contributed by atoms with Crippen LogP contribution in [0.15, 0.2) is 59.7 Å². The summed E-state index contributed by atoms with van der Waals surface area (Å²) in [5, 5.41) is 4.89. The molecule has 0 aliphatic heterocycles. The zero-order valence-electron chi connectivity index (χ0n) is 14.3. The topological polar surface area (TPSA) is 50.2 Å². The van der Waals surface area contributed by atoms with Gasteiger partial charge in [0.25, 0.3) is 0 Å². The highest BCUT2D eigenvalue weighted by atomic mass is 32.1. The van der Waals surface area contributed by atoms with Crippen molar-refractivity contribution in [2.24, 2.45) is 5.10 Å². The number of anilines is 1. The fourth-order valence-corrected chi connectivity index (χ4v) is 3.71. The van der Waals surface area contributed by atoms with Gasteiger partial charge < -0.3 is 0 Å². The molecule has 0 spiro atoms. The van der Waals surface area contributed by atoms with E-state index in [9.17, 15) is 8.78 Å². The quantitative estimate of drug-likeness (QED) is 0.381. The van der Waals surface area contributed by atoms with Crippen molar-refractivity contribution in [2.45, 2.75) is 6.92 Å². The Labute approximate surface area is 158 Å². The van der Waals surface area contributed by atoms with Gasteiger partial charge in [-0.15, -0.1) is 11.3 Å². The first-order valence-corrected chi connectivity index (χ1v) is 8.99. The molecule has 0 unspecified atom stereocenters. The minimum absolute atomic E-state index is 0.182. The van der Waals surface area contributed by atoms with Crippen LogP contribution in [0, 0.1) is 18.6 Å². The van der Waals surface area contributed by atoms with Crippen molar-refractivity contribution in [1.82, 2.24) is 9.97 Å². The number of aromatic nitrogens is 2. The van der Waals surface area contributed by atoms with Crippen LogP contribution in [0.1, 0.15) is 11.4 Å². The fraction of sp³-hybridized carbons (Fsp3) is 0.0500. The number of rotatable bonds is 4. The lowest BCUT2D eigenvalue weighted by Crippen LogP contribution is -1.98. The van der Waals surface area contributed by atoms with Gasteiger partial charge in [0.15, 0.2) is 5.82 Å². The summed E-state index contributed by atoms with van der Waals surface area (Å²) in [6.07, 6.45) is 1.29. The van der Waals surface area contributed by atoms with E-state index < -0.39 is 11.6 Å². The van der Waals surface area contributed by atoms with Gasteiger partial charge in [-0.05, 0) is 30.7 Å². The van der Waals surface area contributed by atoms with E-state index in [1.165, 1.54) is 18.3 Å². The Bertz CT molecular complexity index is 1140. The molecule has 0 bridgehead atoms. The second-order valence-electron chi connectivity index (χ2n) is 5.85. The average molecular weight is 380 g/mol. The predicted molar refractivity (Wildman–Crippen MR) is 105 cm³/mol. The van der Waals surface area contributed by atoms with Gasteiger partial charge in [0.1, 0.15) is 22.3 Å². The first-order chi connectivity index (χ1) is 13.1. The lowest BCUT2D eigenvalue weighted by atomic mass is 10.2. The van der Waals surface area contributed by atoms with E-state index in [2.05, 4.69) is 20.5 Å². The molecule has 134 valence electrons.